The molecule has 1 aliphatic carbocycles. The molecule has 5 nitrogen and oxygen atoms in total. The van der Waals surface area contributed by atoms with E-state index < -0.39 is 0 Å². The summed E-state index contributed by atoms with van der Waals surface area (Å²) in [5.74, 6) is 0.801. The van der Waals surface area contributed by atoms with Gasteiger partial charge in [0.2, 0.25) is 0 Å². The van der Waals surface area contributed by atoms with Crippen molar-refractivity contribution in [3.05, 3.63) is 120 Å². The Bertz CT molecular complexity index is 1660. The van der Waals surface area contributed by atoms with E-state index in [2.05, 4.69) is 65.6 Å². The molecule has 0 saturated heterocycles. The average molecular weight is 494 g/mol. The van der Waals surface area contributed by atoms with Crippen molar-refractivity contribution in [1.29, 1.82) is 0 Å². The Morgan fingerprint density at radius 3 is 2.47 bits per heavy atom. The predicted molar refractivity (Wildman–Crippen MR) is 147 cm³/mol. The zero-order valence-electron chi connectivity index (χ0n) is 20.6. The maximum Gasteiger partial charge on any atom is 0.271 e. The molecule has 2 aliphatic rings. The fourth-order valence-corrected chi connectivity index (χ4v) is 6.13. The first kappa shape index (κ1) is 22.6. The zero-order chi connectivity index (χ0) is 24.8. The summed E-state index contributed by atoms with van der Waals surface area (Å²) in [6.45, 7) is 0. The van der Waals surface area contributed by atoms with Crippen LogP contribution in [-0.2, 0) is 6.42 Å². The number of hydrogen-bond acceptors (Lipinski definition) is 5. The molecule has 0 fully saturated rings. The number of allylic oxidation sites excluding steroid dienone is 1. The summed E-state index contributed by atoms with van der Waals surface area (Å²) >= 11 is 1.46. The van der Waals surface area contributed by atoms with Gasteiger partial charge in [0.25, 0.3) is 5.56 Å². The lowest BCUT2D eigenvalue weighted by atomic mass is 9.83. The highest BCUT2D eigenvalue weighted by Crippen LogP contribution is 2.41. The van der Waals surface area contributed by atoms with E-state index >= 15 is 0 Å². The molecule has 1 aromatic heterocycles. The van der Waals surface area contributed by atoms with Crippen LogP contribution in [0.15, 0.2) is 88.2 Å². The number of aromatic nitrogens is 1. The number of ether oxygens (including phenoxy) is 1. The van der Waals surface area contributed by atoms with Crippen molar-refractivity contribution in [3.63, 3.8) is 0 Å². The number of fused-ring (bicyclic) bond motifs is 3. The molecule has 6 rings (SSSR count). The van der Waals surface area contributed by atoms with Gasteiger partial charge in [0, 0.05) is 25.3 Å². The molecule has 0 bridgehead atoms. The average Bonchev–Trinajstić information content (AvgIpc) is 3.22. The standard InChI is InChI=1S/C30H27N3O2S/c1-32(2)22-13-8-19(9-14-22)18-26-29(34)33-28(21-10-15-23(35-3)16-11-21)25-17-12-20-6-4-5-7-24(20)27(25)31-30(33)36-26/h4-11,13-16,18,28H,12,17H2,1-3H3/b26-18+/t28-/m0/s1. The third-order valence-electron chi connectivity index (χ3n) is 7.01. The third-order valence-corrected chi connectivity index (χ3v) is 7.99. The number of methoxy groups -OCH3 is 1. The van der Waals surface area contributed by atoms with Gasteiger partial charge in [-0.3, -0.25) is 9.36 Å². The Hall–Kier alpha value is -3.90. The van der Waals surface area contributed by atoms with Gasteiger partial charge in [-0.2, -0.15) is 0 Å². The Kier molecular flexibility index (Phi) is 5.61. The van der Waals surface area contributed by atoms with Gasteiger partial charge in [-0.15, -0.1) is 0 Å². The maximum atomic E-state index is 13.8. The van der Waals surface area contributed by atoms with Gasteiger partial charge >= 0.3 is 0 Å². The van der Waals surface area contributed by atoms with Crippen LogP contribution in [0.5, 0.6) is 5.75 Å². The lowest BCUT2D eigenvalue weighted by Crippen LogP contribution is -2.38. The second kappa shape index (κ2) is 8.95. The first-order valence-electron chi connectivity index (χ1n) is 12.1. The molecule has 1 aliphatic heterocycles. The van der Waals surface area contributed by atoms with Crippen molar-refractivity contribution >= 4 is 28.8 Å². The van der Waals surface area contributed by atoms with Gasteiger partial charge in [-0.1, -0.05) is 59.9 Å². The summed E-state index contributed by atoms with van der Waals surface area (Å²) in [6.07, 6.45) is 3.80. The SMILES string of the molecule is COc1ccc([C@H]2C3=C(N=c4s/c(=C/c5ccc(N(C)C)cc5)c(=O)n42)c2ccccc2CC3)cc1. The molecule has 180 valence electrons. The molecule has 0 spiro atoms. The van der Waals surface area contributed by atoms with Crippen LogP contribution in [0.25, 0.3) is 11.8 Å². The number of aryl methyl sites for hydroxylation is 1. The highest BCUT2D eigenvalue weighted by molar-refractivity contribution is 7.07. The monoisotopic (exact) mass is 493 g/mol. The summed E-state index contributed by atoms with van der Waals surface area (Å²) in [5, 5.41) is 0. The molecule has 6 heteroatoms. The highest BCUT2D eigenvalue weighted by Gasteiger charge is 2.32. The van der Waals surface area contributed by atoms with Crippen LogP contribution in [-0.4, -0.2) is 25.8 Å². The van der Waals surface area contributed by atoms with E-state index in [1.807, 2.05) is 36.9 Å². The van der Waals surface area contributed by atoms with Crippen LogP contribution in [0.1, 0.15) is 34.7 Å². The van der Waals surface area contributed by atoms with Gasteiger partial charge in [-0.25, -0.2) is 4.99 Å². The van der Waals surface area contributed by atoms with Gasteiger partial charge < -0.3 is 9.64 Å². The van der Waals surface area contributed by atoms with Gasteiger partial charge in [0.1, 0.15) is 5.75 Å². The molecular weight excluding hydrogens is 466 g/mol. The third kappa shape index (κ3) is 3.78. The quantitative estimate of drug-likeness (QED) is 0.424. The van der Waals surface area contributed by atoms with Crippen LogP contribution in [0.3, 0.4) is 0 Å². The minimum atomic E-state index is -0.186. The summed E-state index contributed by atoms with van der Waals surface area (Å²) in [6, 6.07) is 24.6. The largest absolute Gasteiger partial charge is 0.497 e. The number of thiazole rings is 1. The van der Waals surface area contributed by atoms with Crippen molar-refractivity contribution in [1.82, 2.24) is 4.57 Å². The minimum Gasteiger partial charge on any atom is -0.497 e. The minimum absolute atomic E-state index is 0.00154. The Labute approximate surface area is 213 Å². The molecule has 36 heavy (non-hydrogen) atoms. The van der Waals surface area contributed by atoms with Crippen molar-refractivity contribution in [2.24, 2.45) is 4.99 Å². The van der Waals surface area contributed by atoms with Crippen molar-refractivity contribution in [2.75, 3.05) is 26.1 Å². The van der Waals surface area contributed by atoms with E-state index in [0.29, 0.717) is 4.53 Å². The Morgan fingerprint density at radius 1 is 1.00 bits per heavy atom. The number of rotatable bonds is 4. The van der Waals surface area contributed by atoms with E-state index in [0.717, 1.165) is 45.9 Å². The second-order valence-electron chi connectivity index (χ2n) is 9.37. The normalized spacial score (nSPS) is 16.6. The number of benzene rings is 3. The van der Waals surface area contributed by atoms with Gasteiger partial charge in [-0.05, 0) is 65.4 Å². The van der Waals surface area contributed by atoms with E-state index in [9.17, 15) is 4.79 Å². The number of nitrogens with zero attached hydrogens (tertiary/aromatic N) is 3. The molecule has 0 amide bonds. The first-order valence-corrected chi connectivity index (χ1v) is 12.9. The molecule has 2 heterocycles. The van der Waals surface area contributed by atoms with E-state index in [4.69, 9.17) is 9.73 Å². The highest BCUT2D eigenvalue weighted by atomic mass is 32.1. The first-order chi connectivity index (χ1) is 17.5. The van der Waals surface area contributed by atoms with E-state index in [1.54, 1.807) is 7.11 Å². The second-order valence-corrected chi connectivity index (χ2v) is 10.4. The van der Waals surface area contributed by atoms with Crippen LogP contribution >= 0.6 is 11.3 Å². The summed E-state index contributed by atoms with van der Waals surface area (Å²) < 4.78 is 7.97. The summed E-state index contributed by atoms with van der Waals surface area (Å²) in [4.78, 5) is 21.7. The van der Waals surface area contributed by atoms with Crippen molar-refractivity contribution in [2.45, 2.75) is 18.9 Å². The molecule has 0 radical (unpaired) electrons. The number of hydrogen-bond donors (Lipinski definition) is 0. The van der Waals surface area contributed by atoms with Crippen LogP contribution in [0.2, 0.25) is 0 Å². The molecule has 3 aromatic carbocycles. The molecule has 0 saturated carbocycles. The fraction of sp³-hybridized carbons (Fsp3) is 0.200. The Balaban J connectivity index is 1.56. The van der Waals surface area contributed by atoms with Gasteiger partial charge in [0.15, 0.2) is 4.80 Å². The number of anilines is 1. The van der Waals surface area contributed by atoms with Gasteiger partial charge in [0.05, 0.1) is 23.4 Å². The molecule has 0 unspecified atom stereocenters. The van der Waals surface area contributed by atoms with Crippen molar-refractivity contribution in [3.8, 4) is 5.75 Å². The van der Waals surface area contributed by atoms with Crippen LogP contribution in [0, 0.1) is 0 Å². The Morgan fingerprint density at radius 2 is 1.75 bits per heavy atom. The molecule has 4 aromatic rings. The molecule has 1 atom stereocenters. The lowest BCUT2D eigenvalue weighted by molar-refractivity contribution is 0.414. The fourth-order valence-electron chi connectivity index (χ4n) is 5.13. The van der Waals surface area contributed by atoms with Crippen molar-refractivity contribution < 1.29 is 4.74 Å². The maximum absolute atomic E-state index is 13.8. The van der Waals surface area contributed by atoms with Crippen LogP contribution in [0.4, 0.5) is 5.69 Å². The lowest BCUT2D eigenvalue weighted by Gasteiger charge is -2.30. The smallest absolute Gasteiger partial charge is 0.271 e. The van der Waals surface area contributed by atoms with E-state index in [1.165, 1.54) is 28.0 Å². The molecule has 0 N–H and O–H groups in total. The predicted octanol–water partition coefficient (Wildman–Crippen LogP) is 4.39. The summed E-state index contributed by atoms with van der Waals surface area (Å²) in [5.41, 5.74) is 7.90. The molecular formula is C30H27N3O2S. The zero-order valence-corrected chi connectivity index (χ0v) is 21.4. The van der Waals surface area contributed by atoms with Crippen LogP contribution < -0.4 is 24.5 Å². The van der Waals surface area contributed by atoms with E-state index in [-0.39, 0.29) is 11.6 Å². The summed E-state index contributed by atoms with van der Waals surface area (Å²) in [7, 11) is 5.71. The topological polar surface area (TPSA) is 46.8 Å².